The molecule has 2 nitrogen and oxygen atoms in total. The van der Waals surface area contributed by atoms with Gasteiger partial charge in [0, 0.05) is 39.2 Å². The van der Waals surface area contributed by atoms with Crippen LogP contribution in [0.2, 0.25) is 10.0 Å². The minimum atomic E-state index is 0.432. The van der Waals surface area contributed by atoms with Gasteiger partial charge in [0.05, 0.1) is 0 Å². The molecule has 37 heavy (non-hydrogen) atoms. The van der Waals surface area contributed by atoms with Gasteiger partial charge in [-0.25, -0.2) is 0 Å². The van der Waals surface area contributed by atoms with Crippen LogP contribution in [0, 0.1) is 0 Å². The van der Waals surface area contributed by atoms with E-state index in [0.29, 0.717) is 23.7 Å². The molecule has 0 aliphatic carbocycles. The summed E-state index contributed by atoms with van der Waals surface area (Å²) in [5.74, 6) is 2.28. The van der Waals surface area contributed by atoms with E-state index in [4.69, 9.17) is 23.2 Å². The molecule has 0 saturated carbocycles. The topological polar surface area (TPSA) is 25.8 Å². The second kappa shape index (κ2) is 18.1. The fourth-order valence-corrected chi connectivity index (χ4v) is 4.27. The maximum Gasteiger partial charge on any atom is 0.0441 e. The zero-order valence-electron chi connectivity index (χ0n) is 23.5. The maximum absolute atomic E-state index is 5.93. The third-order valence-electron chi connectivity index (χ3n) is 5.32. The normalized spacial score (nSPS) is 10.3. The Hall–Kier alpha value is -2.20. The highest BCUT2D eigenvalue weighted by Crippen LogP contribution is 2.26. The minimum Gasteiger partial charge on any atom is -0.264 e. The van der Waals surface area contributed by atoms with Crippen molar-refractivity contribution in [1.29, 1.82) is 0 Å². The Morgan fingerprint density at radius 1 is 0.676 bits per heavy atom. The van der Waals surface area contributed by atoms with E-state index in [-0.39, 0.29) is 0 Å². The largest absolute Gasteiger partial charge is 0.264 e. The van der Waals surface area contributed by atoms with Crippen LogP contribution in [0.3, 0.4) is 0 Å². The lowest BCUT2D eigenvalue weighted by Crippen LogP contribution is -1.88. The summed E-state index contributed by atoms with van der Waals surface area (Å²) in [4.78, 5) is 9.66. The quantitative estimate of drug-likeness (QED) is 0.249. The molecule has 0 aliphatic heterocycles. The molecule has 0 unspecified atom stereocenters. The fraction of sp³-hybridized carbons (Fsp3) is 0.375. The van der Waals surface area contributed by atoms with Crippen molar-refractivity contribution in [2.45, 2.75) is 79.1 Å². The second-order valence-electron chi connectivity index (χ2n) is 9.84. The Bertz CT molecular complexity index is 1050. The van der Waals surface area contributed by atoms with Crippen LogP contribution in [0.15, 0.2) is 84.6 Å². The van der Waals surface area contributed by atoms with E-state index in [1.807, 2.05) is 60.1 Å². The number of rotatable bonds is 4. The molecule has 5 heteroatoms. The van der Waals surface area contributed by atoms with E-state index in [1.165, 1.54) is 10.4 Å². The van der Waals surface area contributed by atoms with Gasteiger partial charge in [-0.05, 0) is 82.6 Å². The highest BCUT2D eigenvalue weighted by Gasteiger charge is 2.04. The van der Waals surface area contributed by atoms with Crippen LogP contribution < -0.4 is 0 Å². The zero-order valence-corrected chi connectivity index (χ0v) is 25.8. The van der Waals surface area contributed by atoms with Crippen LogP contribution >= 0.6 is 34.5 Å². The van der Waals surface area contributed by atoms with E-state index < -0.39 is 0 Å². The number of hydrogen-bond acceptors (Lipinski definition) is 3. The Balaban J connectivity index is 0.000000248. The van der Waals surface area contributed by atoms with Gasteiger partial charge in [0.25, 0.3) is 0 Å². The molecule has 4 aromatic rings. The summed E-state index contributed by atoms with van der Waals surface area (Å²) in [6.07, 6.45) is 5.53. The van der Waals surface area contributed by atoms with E-state index in [9.17, 15) is 0 Å². The molecule has 0 bridgehead atoms. The lowest BCUT2D eigenvalue weighted by atomic mass is 10.0. The van der Waals surface area contributed by atoms with E-state index in [0.717, 1.165) is 21.3 Å². The van der Waals surface area contributed by atoms with Crippen LogP contribution in [0.5, 0.6) is 0 Å². The van der Waals surface area contributed by atoms with Crippen molar-refractivity contribution in [3.8, 4) is 0 Å². The SMILES string of the molecule is CC(C)c1cc(Cl)ccc1Cl.CC(C)c1ccccn1.CC(C)c1cccnc1.CC(C)c1cccs1. The Morgan fingerprint density at radius 3 is 1.76 bits per heavy atom. The summed E-state index contributed by atoms with van der Waals surface area (Å²) < 4.78 is 0. The lowest BCUT2D eigenvalue weighted by Gasteiger charge is -2.07. The highest BCUT2D eigenvalue weighted by molar-refractivity contribution is 7.10. The average Bonchev–Trinajstić information content (AvgIpc) is 3.43. The Labute approximate surface area is 239 Å². The Morgan fingerprint density at radius 2 is 1.41 bits per heavy atom. The van der Waals surface area contributed by atoms with Crippen LogP contribution in [-0.4, -0.2) is 9.97 Å². The summed E-state index contributed by atoms with van der Waals surface area (Å²) in [5, 5.41) is 3.66. The average molecular weight is 558 g/mol. The number of pyridine rings is 2. The molecule has 0 fully saturated rings. The molecule has 0 amide bonds. The first-order chi connectivity index (χ1) is 17.5. The molecule has 200 valence electrons. The third-order valence-corrected chi connectivity index (χ3v) is 7.07. The molecular weight excluding hydrogens is 515 g/mol. The molecule has 1 aromatic carbocycles. The molecule has 0 radical (unpaired) electrons. The number of thiophene rings is 1. The van der Waals surface area contributed by atoms with Gasteiger partial charge in [0.1, 0.15) is 0 Å². The fourth-order valence-electron chi connectivity index (χ4n) is 3.01. The van der Waals surface area contributed by atoms with Crippen molar-refractivity contribution in [2.24, 2.45) is 0 Å². The molecule has 0 N–H and O–H groups in total. The summed E-state index contributed by atoms with van der Waals surface area (Å²) in [6.45, 7) is 17.2. The molecular formula is C32H42Cl2N2S. The summed E-state index contributed by atoms with van der Waals surface area (Å²) in [5.41, 5.74) is 3.58. The second-order valence-corrected chi connectivity index (χ2v) is 11.7. The van der Waals surface area contributed by atoms with Crippen molar-refractivity contribution in [3.05, 3.63) is 116 Å². The Kier molecular flexibility index (Phi) is 16.1. The standard InChI is InChI=1S/C9H10Cl2.2C8H11N.C7H10S/c1-6(2)8-5-7(10)3-4-9(8)11;1-7(2)8-4-3-5-9-6-8;1-7(2)8-5-3-4-6-9-8;1-6(2)7-4-3-5-8-7/h3-6H,1-2H3;2*3-7H,1-2H3;3-6H,1-2H3. The van der Waals surface area contributed by atoms with Gasteiger partial charge in [-0.15, -0.1) is 11.3 Å². The van der Waals surface area contributed by atoms with Gasteiger partial charge in [0.2, 0.25) is 0 Å². The van der Waals surface area contributed by atoms with Crippen LogP contribution in [0.1, 0.15) is 101 Å². The molecule has 0 spiro atoms. The van der Waals surface area contributed by atoms with E-state index in [1.54, 1.807) is 12.3 Å². The van der Waals surface area contributed by atoms with Crippen molar-refractivity contribution < 1.29 is 0 Å². The summed E-state index contributed by atoms with van der Waals surface area (Å²) in [6, 6.07) is 19.9. The van der Waals surface area contributed by atoms with Gasteiger partial charge in [-0.1, -0.05) is 96.8 Å². The van der Waals surface area contributed by atoms with Crippen molar-refractivity contribution in [1.82, 2.24) is 9.97 Å². The first kappa shape index (κ1) is 32.8. The third kappa shape index (κ3) is 13.8. The van der Waals surface area contributed by atoms with E-state index >= 15 is 0 Å². The predicted octanol–water partition coefficient (Wildman–Crippen LogP) is 11.4. The number of hydrogen-bond donors (Lipinski definition) is 0. The van der Waals surface area contributed by atoms with Gasteiger partial charge in [-0.3, -0.25) is 9.97 Å². The van der Waals surface area contributed by atoms with Crippen LogP contribution in [0.25, 0.3) is 0 Å². The van der Waals surface area contributed by atoms with Crippen LogP contribution in [0.4, 0.5) is 0 Å². The zero-order chi connectivity index (χ0) is 27.8. The van der Waals surface area contributed by atoms with Crippen LogP contribution in [-0.2, 0) is 0 Å². The number of nitrogens with zero attached hydrogens (tertiary/aromatic N) is 2. The smallest absolute Gasteiger partial charge is 0.0441 e. The van der Waals surface area contributed by atoms with Gasteiger partial charge in [-0.2, -0.15) is 0 Å². The van der Waals surface area contributed by atoms with Crippen molar-refractivity contribution in [2.75, 3.05) is 0 Å². The van der Waals surface area contributed by atoms with Crippen molar-refractivity contribution >= 4 is 34.5 Å². The maximum atomic E-state index is 5.93. The predicted molar refractivity (Wildman–Crippen MR) is 166 cm³/mol. The first-order valence-electron chi connectivity index (χ1n) is 12.8. The monoisotopic (exact) mass is 556 g/mol. The highest BCUT2D eigenvalue weighted by atomic mass is 35.5. The number of aromatic nitrogens is 2. The van der Waals surface area contributed by atoms with E-state index in [2.05, 4.69) is 88.9 Å². The van der Waals surface area contributed by atoms with Gasteiger partial charge < -0.3 is 0 Å². The molecule has 0 atom stereocenters. The van der Waals surface area contributed by atoms with Crippen molar-refractivity contribution in [3.63, 3.8) is 0 Å². The summed E-state index contributed by atoms with van der Waals surface area (Å²) >= 11 is 13.6. The molecule has 4 rings (SSSR count). The molecule has 0 aliphatic rings. The van der Waals surface area contributed by atoms with Gasteiger partial charge >= 0.3 is 0 Å². The van der Waals surface area contributed by atoms with Gasteiger partial charge in [0.15, 0.2) is 0 Å². The summed E-state index contributed by atoms with van der Waals surface area (Å²) in [7, 11) is 0. The lowest BCUT2D eigenvalue weighted by molar-refractivity contribution is 0.823. The molecule has 0 saturated heterocycles. The minimum absolute atomic E-state index is 0.432. The molecule has 3 aromatic heterocycles. The molecule has 3 heterocycles. The first-order valence-corrected chi connectivity index (χ1v) is 14.5. The number of halogens is 2. The number of benzene rings is 1.